The standard InChI is InChI=1S/C10H14N2S.C2H4/c1-3-10(13-2)7-4-5-8(11)9(12)6-7;1-2/h3-6H,11-12H2,1-2H3;1-2H2/b10-3-;. The van der Waals surface area contributed by atoms with Crippen molar-refractivity contribution >= 4 is 28.0 Å². The van der Waals surface area contributed by atoms with Gasteiger partial charge in [-0.25, -0.2) is 0 Å². The van der Waals surface area contributed by atoms with Gasteiger partial charge in [-0.3, -0.25) is 0 Å². The summed E-state index contributed by atoms with van der Waals surface area (Å²) >= 11 is 1.70. The zero-order chi connectivity index (χ0) is 11.8. The van der Waals surface area contributed by atoms with Gasteiger partial charge in [-0.05, 0) is 30.9 Å². The highest BCUT2D eigenvalue weighted by Crippen LogP contribution is 2.28. The van der Waals surface area contributed by atoms with E-state index in [1.165, 1.54) is 4.91 Å². The third-order valence-corrected chi connectivity index (χ3v) is 2.76. The molecule has 15 heavy (non-hydrogen) atoms. The number of thioether (sulfide) groups is 1. The van der Waals surface area contributed by atoms with E-state index in [9.17, 15) is 0 Å². The van der Waals surface area contributed by atoms with E-state index in [4.69, 9.17) is 11.5 Å². The van der Waals surface area contributed by atoms with Gasteiger partial charge < -0.3 is 11.5 Å². The first-order valence-electron chi connectivity index (χ1n) is 4.54. The Kier molecular flexibility index (Phi) is 6.38. The topological polar surface area (TPSA) is 52.0 Å². The van der Waals surface area contributed by atoms with Crippen molar-refractivity contribution in [2.75, 3.05) is 17.7 Å². The zero-order valence-corrected chi connectivity index (χ0v) is 10.1. The van der Waals surface area contributed by atoms with Crippen LogP contribution in [0.15, 0.2) is 37.4 Å². The van der Waals surface area contributed by atoms with Gasteiger partial charge in [-0.2, -0.15) is 0 Å². The maximum atomic E-state index is 5.71. The molecule has 0 spiro atoms. The second kappa shape index (κ2) is 7.01. The minimum atomic E-state index is 0.639. The van der Waals surface area contributed by atoms with E-state index in [0.29, 0.717) is 11.4 Å². The number of hydrogen-bond donors (Lipinski definition) is 2. The van der Waals surface area contributed by atoms with E-state index < -0.39 is 0 Å². The van der Waals surface area contributed by atoms with Crippen LogP contribution in [-0.2, 0) is 0 Å². The number of nitrogen functional groups attached to an aromatic ring is 2. The molecule has 0 aliphatic rings. The van der Waals surface area contributed by atoms with Crippen LogP contribution in [0.25, 0.3) is 4.91 Å². The largest absolute Gasteiger partial charge is 0.397 e. The first-order valence-corrected chi connectivity index (χ1v) is 5.77. The fourth-order valence-electron chi connectivity index (χ4n) is 1.13. The lowest BCUT2D eigenvalue weighted by Crippen LogP contribution is -1.94. The molecule has 0 heterocycles. The van der Waals surface area contributed by atoms with Gasteiger partial charge in [0.25, 0.3) is 0 Å². The lowest BCUT2D eigenvalue weighted by Gasteiger charge is -2.06. The quantitative estimate of drug-likeness (QED) is 0.596. The maximum absolute atomic E-state index is 5.71. The third kappa shape index (κ3) is 3.72. The molecule has 1 rings (SSSR count). The number of nitrogens with two attached hydrogens (primary N) is 2. The molecule has 0 aliphatic heterocycles. The number of rotatable bonds is 2. The van der Waals surface area contributed by atoms with Crippen LogP contribution in [0.5, 0.6) is 0 Å². The SMILES string of the molecule is C/C=C(\SC)c1ccc(N)c(N)c1.C=C. The summed E-state index contributed by atoms with van der Waals surface area (Å²) in [5.41, 5.74) is 13.7. The fourth-order valence-corrected chi connectivity index (χ4v) is 1.73. The van der Waals surface area contributed by atoms with E-state index in [1.54, 1.807) is 11.8 Å². The lowest BCUT2D eigenvalue weighted by molar-refractivity contribution is 1.61. The Hall–Kier alpha value is -1.35. The van der Waals surface area contributed by atoms with Gasteiger partial charge in [-0.15, -0.1) is 24.9 Å². The summed E-state index contributed by atoms with van der Waals surface area (Å²) in [6, 6.07) is 5.73. The maximum Gasteiger partial charge on any atom is 0.0554 e. The summed E-state index contributed by atoms with van der Waals surface area (Å²) in [5.74, 6) is 0. The number of benzene rings is 1. The molecular formula is C12H18N2S. The minimum absolute atomic E-state index is 0.639. The Morgan fingerprint density at radius 1 is 1.27 bits per heavy atom. The molecule has 0 amide bonds. The molecule has 0 atom stereocenters. The molecule has 82 valence electrons. The second-order valence-corrected chi connectivity index (χ2v) is 3.55. The highest BCUT2D eigenvalue weighted by molar-refractivity contribution is 8.07. The van der Waals surface area contributed by atoms with Crippen LogP contribution < -0.4 is 11.5 Å². The van der Waals surface area contributed by atoms with Crippen LogP contribution >= 0.6 is 11.8 Å². The van der Waals surface area contributed by atoms with Gasteiger partial charge in [-0.1, -0.05) is 12.1 Å². The number of anilines is 2. The predicted octanol–water partition coefficient (Wildman–Crippen LogP) is 3.38. The van der Waals surface area contributed by atoms with Crippen LogP contribution in [0.2, 0.25) is 0 Å². The summed E-state index contributed by atoms with van der Waals surface area (Å²) in [7, 11) is 0. The van der Waals surface area contributed by atoms with Crippen molar-refractivity contribution < 1.29 is 0 Å². The summed E-state index contributed by atoms with van der Waals surface area (Å²) in [6.45, 7) is 8.01. The smallest absolute Gasteiger partial charge is 0.0554 e. The Bertz CT molecular complexity index is 345. The van der Waals surface area contributed by atoms with Crippen LogP contribution in [0.1, 0.15) is 12.5 Å². The van der Waals surface area contributed by atoms with Crippen molar-refractivity contribution in [2.45, 2.75) is 6.92 Å². The van der Waals surface area contributed by atoms with E-state index in [2.05, 4.69) is 19.2 Å². The molecule has 1 aromatic carbocycles. The number of allylic oxidation sites excluding steroid dienone is 1. The molecule has 0 saturated carbocycles. The Morgan fingerprint density at radius 2 is 1.87 bits per heavy atom. The fraction of sp³-hybridized carbons (Fsp3) is 0.167. The molecule has 4 N–H and O–H groups in total. The van der Waals surface area contributed by atoms with Crippen molar-refractivity contribution in [1.29, 1.82) is 0 Å². The molecule has 0 aromatic heterocycles. The highest BCUT2D eigenvalue weighted by atomic mass is 32.2. The highest BCUT2D eigenvalue weighted by Gasteiger charge is 2.00. The molecule has 0 bridgehead atoms. The second-order valence-electron chi connectivity index (χ2n) is 2.70. The van der Waals surface area contributed by atoms with Gasteiger partial charge in [0.2, 0.25) is 0 Å². The van der Waals surface area contributed by atoms with Crippen LogP contribution in [0.3, 0.4) is 0 Å². The van der Waals surface area contributed by atoms with E-state index in [-0.39, 0.29) is 0 Å². The summed E-state index contributed by atoms with van der Waals surface area (Å²) < 4.78 is 0. The number of hydrogen-bond acceptors (Lipinski definition) is 3. The Morgan fingerprint density at radius 3 is 2.27 bits per heavy atom. The van der Waals surface area contributed by atoms with Crippen LogP contribution in [0.4, 0.5) is 11.4 Å². The Labute approximate surface area is 96.1 Å². The minimum Gasteiger partial charge on any atom is -0.397 e. The monoisotopic (exact) mass is 222 g/mol. The first-order chi connectivity index (χ1) is 7.19. The average Bonchev–Trinajstić information content (AvgIpc) is 2.28. The summed E-state index contributed by atoms with van der Waals surface area (Å²) in [4.78, 5) is 1.21. The van der Waals surface area contributed by atoms with E-state index in [1.807, 2.05) is 31.4 Å². The molecular weight excluding hydrogens is 204 g/mol. The van der Waals surface area contributed by atoms with Crippen molar-refractivity contribution in [2.24, 2.45) is 0 Å². The van der Waals surface area contributed by atoms with Crippen molar-refractivity contribution in [3.05, 3.63) is 43.0 Å². The molecule has 0 radical (unpaired) electrons. The van der Waals surface area contributed by atoms with Gasteiger partial charge in [0.15, 0.2) is 0 Å². The van der Waals surface area contributed by atoms with Crippen molar-refractivity contribution in [3.8, 4) is 0 Å². The van der Waals surface area contributed by atoms with Gasteiger partial charge in [0, 0.05) is 4.91 Å². The van der Waals surface area contributed by atoms with Gasteiger partial charge in [0.05, 0.1) is 11.4 Å². The van der Waals surface area contributed by atoms with Gasteiger partial charge >= 0.3 is 0 Å². The van der Waals surface area contributed by atoms with E-state index in [0.717, 1.165) is 5.56 Å². The molecule has 2 nitrogen and oxygen atoms in total. The van der Waals surface area contributed by atoms with Gasteiger partial charge in [0.1, 0.15) is 0 Å². The molecule has 3 heteroatoms. The molecule has 0 unspecified atom stereocenters. The molecule has 0 fully saturated rings. The lowest BCUT2D eigenvalue weighted by atomic mass is 10.1. The molecule has 0 aliphatic carbocycles. The van der Waals surface area contributed by atoms with Crippen LogP contribution in [0, 0.1) is 0 Å². The predicted molar refractivity (Wildman–Crippen MR) is 73.7 cm³/mol. The summed E-state index contributed by atoms with van der Waals surface area (Å²) in [5, 5.41) is 0. The van der Waals surface area contributed by atoms with E-state index >= 15 is 0 Å². The molecule has 0 saturated heterocycles. The van der Waals surface area contributed by atoms with Crippen molar-refractivity contribution in [3.63, 3.8) is 0 Å². The third-order valence-electron chi connectivity index (χ3n) is 1.85. The zero-order valence-electron chi connectivity index (χ0n) is 9.29. The Balaban J connectivity index is 0.000000921. The summed E-state index contributed by atoms with van der Waals surface area (Å²) in [6.07, 6.45) is 4.11. The first kappa shape index (κ1) is 13.7. The van der Waals surface area contributed by atoms with Crippen molar-refractivity contribution in [1.82, 2.24) is 0 Å². The average molecular weight is 222 g/mol. The normalized spacial score (nSPS) is 10.4. The van der Waals surface area contributed by atoms with Crippen LogP contribution in [-0.4, -0.2) is 6.26 Å². The molecule has 1 aromatic rings.